The van der Waals surface area contributed by atoms with Gasteiger partial charge in [0.1, 0.15) is 5.76 Å². The van der Waals surface area contributed by atoms with Crippen LogP contribution in [0.3, 0.4) is 0 Å². The van der Waals surface area contributed by atoms with E-state index >= 15 is 0 Å². The molecule has 0 spiro atoms. The molecule has 0 saturated heterocycles. The van der Waals surface area contributed by atoms with E-state index in [-0.39, 0.29) is 11.5 Å². The van der Waals surface area contributed by atoms with Gasteiger partial charge in [-0.05, 0) is 23.8 Å². The Kier molecular flexibility index (Phi) is 5.58. The average Bonchev–Trinajstić information content (AvgIpc) is 2.60. The molecule has 0 unspecified atom stereocenters. The highest BCUT2D eigenvalue weighted by atomic mass is 16.5. The number of carbonyl (C=O) groups is 1. The van der Waals surface area contributed by atoms with E-state index in [1.54, 1.807) is 56.7 Å². The van der Waals surface area contributed by atoms with Gasteiger partial charge < -0.3 is 14.6 Å². The van der Waals surface area contributed by atoms with Gasteiger partial charge in [0, 0.05) is 11.6 Å². The van der Waals surface area contributed by atoms with Crippen LogP contribution in [0, 0.1) is 0 Å². The summed E-state index contributed by atoms with van der Waals surface area (Å²) in [5.74, 6) is 0.844. The molecule has 0 aliphatic carbocycles. The van der Waals surface area contributed by atoms with Crippen molar-refractivity contribution < 1.29 is 19.4 Å². The van der Waals surface area contributed by atoms with Crippen LogP contribution in [0.4, 0.5) is 0 Å². The maximum atomic E-state index is 11.9. The first-order valence-corrected chi connectivity index (χ1v) is 7.04. The maximum Gasteiger partial charge on any atom is 0.182 e. The highest BCUT2D eigenvalue weighted by molar-refractivity contribution is 6.05. The quantitative estimate of drug-likeness (QED) is 0.650. The second-order valence-corrected chi connectivity index (χ2v) is 4.75. The first-order valence-electron chi connectivity index (χ1n) is 7.04. The van der Waals surface area contributed by atoms with Crippen molar-refractivity contribution in [1.29, 1.82) is 0 Å². The van der Waals surface area contributed by atoms with Crippen LogP contribution in [0.15, 0.2) is 60.7 Å². The Balaban J connectivity index is 2.12. The van der Waals surface area contributed by atoms with Crippen LogP contribution in [-0.2, 0) is 4.79 Å². The van der Waals surface area contributed by atoms with Crippen molar-refractivity contribution >= 4 is 17.6 Å². The Morgan fingerprint density at radius 2 is 1.70 bits per heavy atom. The molecule has 0 aliphatic heterocycles. The summed E-state index contributed by atoms with van der Waals surface area (Å²) < 4.78 is 10.4. The van der Waals surface area contributed by atoms with Crippen molar-refractivity contribution in [3.8, 4) is 11.5 Å². The summed E-state index contributed by atoms with van der Waals surface area (Å²) in [6, 6.07) is 14.2. The van der Waals surface area contributed by atoms with Crippen LogP contribution in [-0.4, -0.2) is 25.1 Å². The minimum Gasteiger partial charge on any atom is -0.507 e. The van der Waals surface area contributed by atoms with Gasteiger partial charge in [0.2, 0.25) is 0 Å². The molecule has 0 aliphatic rings. The topological polar surface area (TPSA) is 55.8 Å². The van der Waals surface area contributed by atoms with E-state index in [1.807, 2.05) is 12.1 Å². The normalized spacial score (nSPS) is 11.5. The van der Waals surface area contributed by atoms with Crippen molar-refractivity contribution in [2.75, 3.05) is 14.2 Å². The van der Waals surface area contributed by atoms with E-state index in [2.05, 4.69) is 0 Å². The molecule has 118 valence electrons. The van der Waals surface area contributed by atoms with E-state index in [4.69, 9.17) is 9.47 Å². The van der Waals surface area contributed by atoms with Crippen molar-refractivity contribution in [3.05, 3.63) is 71.8 Å². The number of aliphatic hydroxyl groups is 1. The molecule has 23 heavy (non-hydrogen) atoms. The molecule has 4 heteroatoms. The summed E-state index contributed by atoms with van der Waals surface area (Å²) in [5, 5.41) is 9.91. The summed E-state index contributed by atoms with van der Waals surface area (Å²) in [7, 11) is 3.12. The SMILES string of the molecule is COc1ccc(/C=C/C(=O)/C=C(\O)c2ccccc2)cc1OC. The monoisotopic (exact) mass is 310 g/mol. The van der Waals surface area contributed by atoms with Crippen molar-refractivity contribution in [1.82, 2.24) is 0 Å². The molecule has 1 N–H and O–H groups in total. The molecule has 0 atom stereocenters. The first kappa shape index (κ1) is 16.4. The molecule has 2 aromatic rings. The Hall–Kier alpha value is -3.01. The summed E-state index contributed by atoms with van der Waals surface area (Å²) >= 11 is 0. The molecular weight excluding hydrogens is 292 g/mol. The third kappa shape index (κ3) is 4.48. The Labute approximate surface area is 135 Å². The molecule has 0 bridgehead atoms. The standard InChI is InChI=1S/C19H18O4/c1-22-18-11-9-14(12-19(18)23-2)8-10-16(20)13-17(21)15-6-4-3-5-7-15/h3-13,21H,1-2H3/b10-8+,17-13-. The van der Waals surface area contributed by atoms with Gasteiger partial charge in [0.05, 0.1) is 14.2 Å². The second-order valence-electron chi connectivity index (χ2n) is 4.75. The average molecular weight is 310 g/mol. The largest absolute Gasteiger partial charge is 0.507 e. The fourth-order valence-electron chi connectivity index (χ4n) is 2.01. The molecule has 0 saturated carbocycles. The number of rotatable bonds is 6. The summed E-state index contributed by atoms with van der Waals surface area (Å²) in [6.45, 7) is 0. The van der Waals surface area contributed by atoms with E-state index < -0.39 is 0 Å². The van der Waals surface area contributed by atoms with E-state index in [9.17, 15) is 9.90 Å². The maximum absolute atomic E-state index is 11.9. The van der Waals surface area contributed by atoms with Gasteiger partial charge in [0.15, 0.2) is 17.3 Å². The highest BCUT2D eigenvalue weighted by Crippen LogP contribution is 2.27. The predicted molar refractivity (Wildman–Crippen MR) is 90.6 cm³/mol. The number of carbonyl (C=O) groups excluding carboxylic acids is 1. The molecule has 2 aromatic carbocycles. The van der Waals surface area contributed by atoms with Gasteiger partial charge in [-0.15, -0.1) is 0 Å². The van der Waals surface area contributed by atoms with E-state index in [0.717, 1.165) is 5.56 Å². The number of ether oxygens (including phenoxy) is 2. The Morgan fingerprint density at radius 1 is 1.00 bits per heavy atom. The van der Waals surface area contributed by atoms with Crippen LogP contribution in [0.25, 0.3) is 11.8 Å². The van der Waals surface area contributed by atoms with Crippen LogP contribution in [0.2, 0.25) is 0 Å². The third-order valence-corrected chi connectivity index (χ3v) is 3.20. The van der Waals surface area contributed by atoms with Crippen molar-refractivity contribution in [3.63, 3.8) is 0 Å². The molecule has 0 heterocycles. The zero-order chi connectivity index (χ0) is 16.7. The molecular formula is C19H18O4. The minimum absolute atomic E-state index is 0.0624. The zero-order valence-corrected chi connectivity index (χ0v) is 13.0. The second kappa shape index (κ2) is 7.84. The molecule has 0 radical (unpaired) electrons. The first-order chi connectivity index (χ1) is 11.1. The summed E-state index contributed by atoms with van der Waals surface area (Å²) in [4.78, 5) is 11.9. The number of hydrogen-bond acceptors (Lipinski definition) is 4. The van der Waals surface area contributed by atoms with Crippen LogP contribution in [0.5, 0.6) is 11.5 Å². The fourth-order valence-corrected chi connectivity index (χ4v) is 2.01. The predicted octanol–water partition coefficient (Wildman–Crippen LogP) is 3.89. The molecule has 0 fully saturated rings. The highest BCUT2D eigenvalue weighted by Gasteiger charge is 2.03. The number of methoxy groups -OCH3 is 2. The summed E-state index contributed by atoms with van der Waals surface area (Å²) in [6.07, 6.45) is 4.23. The minimum atomic E-state index is -0.305. The third-order valence-electron chi connectivity index (χ3n) is 3.20. The summed E-state index contributed by atoms with van der Waals surface area (Å²) in [5.41, 5.74) is 1.39. The molecule has 0 aromatic heterocycles. The van der Waals surface area contributed by atoms with Crippen LogP contribution in [0.1, 0.15) is 11.1 Å². The zero-order valence-electron chi connectivity index (χ0n) is 13.0. The fraction of sp³-hybridized carbons (Fsp3) is 0.105. The van der Waals surface area contributed by atoms with Gasteiger partial charge >= 0.3 is 0 Å². The molecule has 0 amide bonds. The van der Waals surface area contributed by atoms with Gasteiger partial charge in [0.25, 0.3) is 0 Å². The Bertz CT molecular complexity index is 730. The lowest BCUT2D eigenvalue weighted by atomic mass is 10.1. The molecule has 4 nitrogen and oxygen atoms in total. The van der Waals surface area contributed by atoms with Crippen molar-refractivity contribution in [2.45, 2.75) is 0 Å². The van der Waals surface area contributed by atoms with Crippen LogP contribution >= 0.6 is 0 Å². The van der Waals surface area contributed by atoms with E-state index in [0.29, 0.717) is 17.1 Å². The Morgan fingerprint density at radius 3 is 2.35 bits per heavy atom. The van der Waals surface area contributed by atoms with E-state index in [1.165, 1.54) is 12.2 Å². The lowest BCUT2D eigenvalue weighted by molar-refractivity contribution is -0.110. The lowest BCUT2D eigenvalue weighted by Gasteiger charge is -2.07. The van der Waals surface area contributed by atoms with Gasteiger partial charge in [-0.1, -0.05) is 42.5 Å². The number of benzene rings is 2. The number of aliphatic hydroxyl groups excluding tert-OH is 1. The van der Waals surface area contributed by atoms with Gasteiger partial charge in [-0.3, -0.25) is 4.79 Å². The number of allylic oxidation sites excluding steroid dienone is 2. The van der Waals surface area contributed by atoms with Gasteiger partial charge in [-0.2, -0.15) is 0 Å². The number of hydrogen-bond donors (Lipinski definition) is 1. The number of ketones is 1. The smallest absolute Gasteiger partial charge is 0.182 e. The van der Waals surface area contributed by atoms with Gasteiger partial charge in [-0.25, -0.2) is 0 Å². The molecule has 2 rings (SSSR count). The van der Waals surface area contributed by atoms with Crippen molar-refractivity contribution in [2.24, 2.45) is 0 Å². The lowest BCUT2D eigenvalue weighted by Crippen LogP contribution is -1.92. The van der Waals surface area contributed by atoms with Crippen LogP contribution < -0.4 is 9.47 Å².